The molecule has 0 spiro atoms. The van der Waals surface area contributed by atoms with E-state index in [2.05, 4.69) is 26.8 Å². The lowest BCUT2D eigenvalue weighted by Crippen LogP contribution is -2.37. The SMILES string of the molecule is CCCCC/C=C1\C2N1C(=O)OCC2(C)C. The van der Waals surface area contributed by atoms with Crippen molar-refractivity contribution in [3.05, 3.63) is 11.8 Å². The van der Waals surface area contributed by atoms with Gasteiger partial charge in [0.15, 0.2) is 0 Å². The second kappa shape index (κ2) is 4.11. The van der Waals surface area contributed by atoms with E-state index in [1.165, 1.54) is 25.0 Å². The van der Waals surface area contributed by atoms with Gasteiger partial charge in [0.05, 0.1) is 6.04 Å². The molecule has 0 aromatic rings. The van der Waals surface area contributed by atoms with Gasteiger partial charge in [-0.25, -0.2) is 4.79 Å². The molecular formula is C13H21NO2. The Labute approximate surface area is 97.5 Å². The molecule has 3 nitrogen and oxygen atoms in total. The van der Waals surface area contributed by atoms with Crippen LogP contribution in [-0.2, 0) is 4.74 Å². The molecule has 0 aromatic carbocycles. The average Bonchev–Trinajstić information content (AvgIpc) is 2.96. The molecule has 16 heavy (non-hydrogen) atoms. The molecular weight excluding hydrogens is 202 g/mol. The summed E-state index contributed by atoms with van der Waals surface area (Å²) in [5.74, 6) is 0. The summed E-state index contributed by atoms with van der Waals surface area (Å²) in [6.45, 7) is 7.06. The first-order valence-corrected chi connectivity index (χ1v) is 6.24. The van der Waals surface area contributed by atoms with Crippen LogP contribution in [0.1, 0.15) is 46.5 Å². The highest BCUT2D eigenvalue weighted by molar-refractivity contribution is 5.78. The molecule has 0 aliphatic carbocycles. The van der Waals surface area contributed by atoms with Crippen LogP contribution >= 0.6 is 0 Å². The summed E-state index contributed by atoms with van der Waals surface area (Å²) in [6, 6.07) is 0.301. The molecule has 2 saturated heterocycles. The number of unbranched alkanes of at least 4 members (excludes halogenated alkanes) is 3. The number of allylic oxidation sites excluding steroid dienone is 1. The van der Waals surface area contributed by atoms with E-state index in [9.17, 15) is 4.79 Å². The van der Waals surface area contributed by atoms with E-state index >= 15 is 0 Å². The largest absolute Gasteiger partial charge is 0.448 e. The fraction of sp³-hybridized carbons (Fsp3) is 0.769. The van der Waals surface area contributed by atoms with Crippen molar-refractivity contribution in [2.45, 2.75) is 52.5 Å². The summed E-state index contributed by atoms with van der Waals surface area (Å²) in [5.41, 5.74) is 1.26. The third kappa shape index (κ3) is 1.95. The number of ether oxygens (including phenoxy) is 1. The van der Waals surface area contributed by atoms with Crippen molar-refractivity contribution in [1.82, 2.24) is 4.90 Å². The van der Waals surface area contributed by atoms with Gasteiger partial charge in [0.2, 0.25) is 0 Å². The zero-order chi connectivity index (χ0) is 11.8. The Morgan fingerprint density at radius 3 is 2.88 bits per heavy atom. The number of cyclic esters (lactones) is 1. The summed E-state index contributed by atoms with van der Waals surface area (Å²) in [7, 11) is 0. The molecule has 0 saturated carbocycles. The van der Waals surface area contributed by atoms with E-state index in [0.717, 1.165) is 6.42 Å². The summed E-state index contributed by atoms with van der Waals surface area (Å²) in [6.07, 6.45) is 6.86. The highest BCUT2D eigenvalue weighted by Crippen LogP contribution is 2.49. The van der Waals surface area contributed by atoms with Crippen LogP contribution in [0.5, 0.6) is 0 Å². The Morgan fingerprint density at radius 1 is 1.50 bits per heavy atom. The molecule has 1 unspecified atom stereocenters. The van der Waals surface area contributed by atoms with Crippen LogP contribution in [0.4, 0.5) is 4.79 Å². The molecule has 0 bridgehead atoms. The molecule has 0 N–H and O–H groups in total. The lowest BCUT2D eigenvalue weighted by Gasteiger charge is -2.27. The number of hydrogen-bond donors (Lipinski definition) is 0. The van der Waals surface area contributed by atoms with Crippen LogP contribution in [0.2, 0.25) is 0 Å². The Kier molecular flexibility index (Phi) is 2.96. The highest BCUT2D eigenvalue weighted by atomic mass is 16.6. The van der Waals surface area contributed by atoms with Gasteiger partial charge in [-0.05, 0) is 12.8 Å². The van der Waals surface area contributed by atoms with Crippen molar-refractivity contribution in [3.63, 3.8) is 0 Å². The number of carbonyl (C=O) groups is 1. The first-order chi connectivity index (χ1) is 7.58. The molecule has 1 amide bonds. The summed E-state index contributed by atoms with van der Waals surface area (Å²) in [4.78, 5) is 13.3. The maximum absolute atomic E-state index is 11.5. The smallest absolute Gasteiger partial charge is 0.414 e. The van der Waals surface area contributed by atoms with Crippen molar-refractivity contribution in [2.75, 3.05) is 6.61 Å². The lowest BCUT2D eigenvalue weighted by atomic mass is 9.88. The lowest BCUT2D eigenvalue weighted by molar-refractivity contribution is 0.0498. The number of hydrogen-bond acceptors (Lipinski definition) is 2. The van der Waals surface area contributed by atoms with Gasteiger partial charge in [-0.3, -0.25) is 4.90 Å². The molecule has 2 rings (SSSR count). The fourth-order valence-corrected chi connectivity index (χ4v) is 2.42. The van der Waals surface area contributed by atoms with Crippen LogP contribution in [-0.4, -0.2) is 23.6 Å². The number of amides is 1. The second-order valence-electron chi connectivity index (χ2n) is 5.44. The van der Waals surface area contributed by atoms with Gasteiger partial charge >= 0.3 is 6.09 Å². The highest BCUT2D eigenvalue weighted by Gasteiger charge is 2.58. The minimum atomic E-state index is -0.161. The normalized spacial score (nSPS) is 28.9. The van der Waals surface area contributed by atoms with Crippen molar-refractivity contribution in [2.24, 2.45) is 5.41 Å². The predicted molar refractivity (Wildman–Crippen MR) is 63.0 cm³/mol. The van der Waals surface area contributed by atoms with E-state index in [4.69, 9.17) is 4.74 Å². The maximum atomic E-state index is 11.5. The third-order valence-electron chi connectivity index (χ3n) is 3.41. The van der Waals surface area contributed by atoms with Crippen molar-refractivity contribution < 1.29 is 9.53 Å². The van der Waals surface area contributed by atoms with Gasteiger partial charge in [-0.2, -0.15) is 0 Å². The van der Waals surface area contributed by atoms with Crippen molar-refractivity contribution in [3.8, 4) is 0 Å². The van der Waals surface area contributed by atoms with Crippen LogP contribution < -0.4 is 0 Å². The summed E-state index contributed by atoms with van der Waals surface area (Å²) in [5, 5.41) is 0. The standard InChI is InChI=1S/C13H21NO2/c1-4-5-6-7-8-10-11-13(2,3)9-16-12(15)14(10)11/h8,11H,4-7,9H2,1-3H3/b10-8+. The summed E-state index contributed by atoms with van der Waals surface area (Å²) >= 11 is 0. The number of carbonyl (C=O) groups excluding carboxylic acids is 1. The topological polar surface area (TPSA) is 29.3 Å². The Balaban J connectivity index is 1.95. The monoisotopic (exact) mass is 223 g/mol. The first-order valence-electron chi connectivity index (χ1n) is 6.24. The average molecular weight is 223 g/mol. The summed E-state index contributed by atoms with van der Waals surface area (Å²) < 4.78 is 5.15. The predicted octanol–water partition coefficient (Wildman–Crippen LogP) is 3.31. The molecule has 0 aromatic heterocycles. The Hall–Kier alpha value is -0.990. The Morgan fingerprint density at radius 2 is 2.25 bits per heavy atom. The van der Waals surface area contributed by atoms with E-state index < -0.39 is 0 Å². The maximum Gasteiger partial charge on any atom is 0.414 e. The van der Waals surface area contributed by atoms with Gasteiger partial charge in [0.1, 0.15) is 6.61 Å². The molecule has 3 heteroatoms. The second-order valence-corrected chi connectivity index (χ2v) is 5.44. The van der Waals surface area contributed by atoms with Crippen LogP contribution in [0.25, 0.3) is 0 Å². The van der Waals surface area contributed by atoms with Crippen LogP contribution in [0, 0.1) is 5.41 Å². The molecule has 0 radical (unpaired) electrons. The number of rotatable bonds is 4. The van der Waals surface area contributed by atoms with E-state index in [0.29, 0.717) is 12.6 Å². The zero-order valence-corrected chi connectivity index (χ0v) is 10.5. The minimum absolute atomic E-state index is 0.0739. The minimum Gasteiger partial charge on any atom is -0.448 e. The third-order valence-corrected chi connectivity index (χ3v) is 3.41. The van der Waals surface area contributed by atoms with Gasteiger partial charge in [-0.1, -0.05) is 39.7 Å². The quantitative estimate of drug-likeness (QED) is 0.540. The number of fused-ring (bicyclic) bond motifs is 1. The molecule has 1 atom stereocenters. The zero-order valence-electron chi connectivity index (χ0n) is 10.5. The van der Waals surface area contributed by atoms with E-state index in [-0.39, 0.29) is 11.5 Å². The molecule has 2 aliphatic heterocycles. The van der Waals surface area contributed by atoms with Crippen LogP contribution in [0.3, 0.4) is 0 Å². The van der Waals surface area contributed by atoms with Gasteiger partial charge < -0.3 is 4.74 Å². The Bertz CT molecular complexity index is 320. The molecule has 2 heterocycles. The van der Waals surface area contributed by atoms with Gasteiger partial charge in [0.25, 0.3) is 0 Å². The van der Waals surface area contributed by atoms with E-state index in [1.807, 2.05) is 0 Å². The van der Waals surface area contributed by atoms with E-state index in [1.54, 1.807) is 4.90 Å². The van der Waals surface area contributed by atoms with Gasteiger partial charge in [0, 0.05) is 11.1 Å². The number of nitrogens with zero attached hydrogens (tertiary/aromatic N) is 1. The first kappa shape index (κ1) is 11.5. The van der Waals surface area contributed by atoms with Crippen molar-refractivity contribution in [1.29, 1.82) is 0 Å². The molecule has 90 valence electrons. The molecule has 2 fully saturated rings. The van der Waals surface area contributed by atoms with Crippen LogP contribution in [0.15, 0.2) is 11.8 Å². The molecule has 2 aliphatic rings. The fourth-order valence-electron chi connectivity index (χ4n) is 2.42. The van der Waals surface area contributed by atoms with Crippen molar-refractivity contribution >= 4 is 6.09 Å². The van der Waals surface area contributed by atoms with Gasteiger partial charge in [-0.15, -0.1) is 0 Å².